The molecule has 2 aromatic carbocycles. The summed E-state index contributed by atoms with van der Waals surface area (Å²) in [6.07, 6.45) is 1.89. The van der Waals surface area contributed by atoms with E-state index in [0.717, 1.165) is 16.5 Å². The van der Waals surface area contributed by atoms with Crippen LogP contribution in [0.15, 0.2) is 54.7 Å². The number of carbonyl (C=O) groups excluding carboxylic acids is 1. The number of fused-ring (bicyclic) bond motifs is 2. The van der Waals surface area contributed by atoms with Crippen LogP contribution in [0.3, 0.4) is 0 Å². The van der Waals surface area contributed by atoms with Crippen LogP contribution in [-0.4, -0.2) is 54.4 Å². The van der Waals surface area contributed by atoms with Crippen molar-refractivity contribution in [3.63, 3.8) is 0 Å². The van der Waals surface area contributed by atoms with Crippen LogP contribution in [0, 0.1) is 5.82 Å². The number of benzene rings is 2. The summed E-state index contributed by atoms with van der Waals surface area (Å²) in [6.45, 7) is 4.38. The highest BCUT2D eigenvalue weighted by Crippen LogP contribution is 2.41. The van der Waals surface area contributed by atoms with Gasteiger partial charge < -0.3 is 14.4 Å². The van der Waals surface area contributed by atoms with E-state index >= 15 is 0 Å². The van der Waals surface area contributed by atoms with E-state index in [2.05, 4.69) is 16.0 Å². The molecule has 3 atom stereocenters. The summed E-state index contributed by atoms with van der Waals surface area (Å²) in [5.74, 6) is -0.852. The van der Waals surface area contributed by atoms with Crippen molar-refractivity contribution in [2.45, 2.75) is 43.0 Å². The number of hydrogen-bond acceptors (Lipinski definition) is 4. The number of carbonyl (C=O) groups is 1. The lowest BCUT2D eigenvalue weighted by molar-refractivity contribution is -0.137. The Morgan fingerprint density at radius 1 is 1.16 bits per heavy atom. The molecule has 0 saturated carbocycles. The van der Waals surface area contributed by atoms with E-state index in [9.17, 15) is 17.9 Å². The maximum atomic E-state index is 14.4. The Morgan fingerprint density at radius 2 is 1.94 bits per heavy atom. The SMILES string of the molecule is CC1(C)C(=O)N(Cc2ccccc2F)[C@H]2CN(Cc3ccc4[nH]ccc4c3)C[C@@H]2[S+]1(=O)[O-]. The minimum atomic E-state index is -3.71. The number of nitrogens with one attached hydrogen (secondary N) is 1. The zero-order valence-corrected chi connectivity index (χ0v) is 18.9. The molecule has 0 bridgehead atoms. The summed E-state index contributed by atoms with van der Waals surface area (Å²) in [4.78, 5) is 20.1. The lowest BCUT2D eigenvalue weighted by Gasteiger charge is -2.47. The van der Waals surface area contributed by atoms with E-state index in [-0.39, 0.29) is 6.54 Å². The highest BCUT2D eigenvalue weighted by Gasteiger charge is 2.63. The molecule has 3 aromatic rings. The van der Waals surface area contributed by atoms with Gasteiger partial charge in [-0.3, -0.25) is 9.69 Å². The maximum absolute atomic E-state index is 14.4. The van der Waals surface area contributed by atoms with Crippen LogP contribution in [-0.2, 0) is 32.3 Å². The molecule has 3 heterocycles. The summed E-state index contributed by atoms with van der Waals surface area (Å²) in [5.41, 5.74) is 2.53. The number of sulfone groups is 1. The van der Waals surface area contributed by atoms with Crippen LogP contribution in [0.4, 0.5) is 4.39 Å². The summed E-state index contributed by atoms with van der Waals surface area (Å²) in [5, 5.41) is 0.405. The normalized spacial score (nSPS) is 27.8. The molecule has 0 spiro atoms. The summed E-state index contributed by atoms with van der Waals surface area (Å²) in [6, 6.07) is 14.0. The molecule has 2 saturated heterocycles. The molecule has 2 fully saturated rings. The molecule has 1 aromatic heterocycles. The fourth-order valence-corrected chi connectivity index (χ4v) is 7.19. The van der Waals surface area contributed by atoms with E-state index in [1.165, 1.54) is 19.9 Å². The van der Waals surface area contributed by atoms with Crippen LogP contribution in [0.25, 0.3) is 10.9 Å². The van der Waals surface area contributed by atoms with Gasteiger partial charge in [-0.05, 0) is 49.1 Å². The van der Waals surface area contributed by atoms with Gasteiger partial charge in [0.25, 0.3) is 5.91 Å². The largest absolute Gasteiger partial charge is 0.614 e. The standard InChI is InChI=1S/C24H26FN3O3S/c1-24(2)23(29)28(13-18-5-3-4-6-19(18)25)21-14-27(15-22(21)32(24,30)31)12-16-7-8-20-17(11-16)9-10-26-20/h3-11,21-22,26H,12-15H2,1-2H3/t21-,22-/m0/s1. The molecular weight excluding hydrogens is 429 g/mol. The Kier molecular flexibility index (Phi) is 5.00. The van der Waals surface area contributed by atoms with Gasteiger partial charge in [0, 0.05) is 43.5 Å². The first-order valence-electron chi connectivity index (χ1n) is 10.7. The molecule has 168 valence electrons. The molecule has 8 heteroatoms. The quantitative estimate of drug-likeness (QED) is 0.612. The zero-order valence-electron chi connectivity index (χ0n) is 18.1. The number of likely N-dealkylation sites (tertiary alicyclic amines) is 1. The predicted molar refractivity (Wildman–Crippen MR) is 121 cm³/mol. The van der Waals surface area contributed by atoms with Crippen molar-refractivity contribution in [3.8, 4) is 0 Å². The first kappa shape index (κ1) is 21.3. The van der Waals surface area contributed by atoms with E-state index in [1.54, 1.807) is 23.1 Å². The minimum absolute atomic E-state index is 0.0643. The van der Waals surface area contributed by atoms with Crippen molar-refractivity contribution < 1.29 is 17.9 Å². The van der Waals surface area contributed by atoms with Gasteiger partial charge in [-0.2, -0.15) is 0 Å². The second-order valence-electron chi connectivity index (χ2n) is 9.28. The molecule has 1 amide bonds. The van der Waals surface area contributed by atoms with Crippen LogP contribution in [0.2, 0.25) is 0 Å². The first-order chi connectivity index (χ1) is 15.2. The monoisotopic (exact) mass is 455 g/mol. The van der Waals surface area contributed by atoms with Crippen molar-refractivity contribution in [2.75, 3.05) is 13.1 Å². The molecule has 1 unspecified atom stereocenters. The van der Waals surface area contributed by atoms with Crippen molar-refractivity contribution in [2.24, 2.45) is 0 Å². The number of halogens is 1. The molecule has 5 rings (SSSR count). The Hall–Kier alpha value is -2.55. The number of nitrogens with zero attached hydrogens (tertiary/aromatic N) is 2. The van der Waals surface area contributed by atoms with Gasteiger partial charge in [0.2, 0.25) is 4.75 Å². The molecule has 6 nitrogen and oxygen atoms in total. The minimum Gasteiger partial charge on any atom is -0.614 e. The van der Waals surface area contributed by atoms with Crippen LogP contribution < -0.4 is 0 Å². The average molecular weight is 456 g/mol. The lowest BCUT2D eigenvalue weighted by Crippen LogP contribution is -2.67. The third kappa shape index (κ3) is 3.29. The van der Waals surface area contributed by atoms with Crippen LogP contribution >= 0.6 is 0 Å². The smallest absolute Gasteiger partial charge is 0.278 e. The molecule has 0 radical (unpaired) electrons. The fourth-order valence-electron chi connectivity index (χ4n) is 5.02. The Labute approximate surface area is 187 Å². The van der Waals surface area contributed by atoms with E-state index < -0.39 is 38.0 Å². The second kappa shape index (κ2) is 7.50. The molecule has 32 heavy (non-hydrogen) atoms. The summed E-state index contributed by atoms with van der Waals surface area (Å²) < 4.78 is 39.6. The molecule has 2 aliphatic rings. The van der Waals surface area contributed by atoms with Crippen molar-refractivity contribution >= 4 is 27.0 Å². The first-order valence-corrected chi connectivity index (χ1v) is 12.3. The van der Waals surface area contributed by atoms with Gasteiger partial charge in [0.05, 0.1) is 16.3 Å². The third-order valence-electron chi connectivity index (χ3n) is 6.92. The number of aromatic amines is 1. The van der Waals surface area contributed by atoms with Gasteiger partial charge in [-0.1, -0.05) is 24.3 Å². The molecule has 2 aliphatic heterocycles. The average Bonchev–Trinajstić information content (AvgIpc) is 3.39. The number of amides is 1. The number of aromatic nitrogens is 1. The van der Waals surface area contributed by atoms with Crippen LogP contribution in [0.1, 0.15) is 25.0 Å². The second-order valence-corrected chi connectivity index (χ2v) is 12.0. The van der Waals surface area contributed by atoms with E-state index in [4.69, 9.17) is 0 Å². The van der Waals surface area contributed by atoms with Crippen molar-refractivity contribution in [3.05, 3.63) is 71.7 Å². The van der Waals surface area contributed by atoms with E-state index in [1.807, 2.05) is 24.4 Å². The van der Waals surface area contributed by atoms with Gasteiger partial charge >= 0.3 is 0 Å². The summed E-state index contributed by atoms with van der Waals surface area (Å²) >= 11 is 0. The Balaban J connectivity index is 1.45. The molecule has 1 N–H and O–H groups in total. The van der Waals surface area contributed by atoms with Crippen molar-refractivity contribution in [1.82, 2.24) is 14.8 Å². The number of hydrogen-bond donors (Lipinski definition) is 1. The number of rotatable bonds is 4. The zero-order chi connectivity index (χ0) is 22.7. The lowest BCUT2D eigenvalue weighted by atomic mass is 10.1. The third-order valence-corrected chi connectivity index (χ3v) is 9.78. The highest BCUT2D eigenvalue weighted by atomic mass is 32.3. The van der Waals surface area contributed by atoms with Gasteiger partial charge in [-0.25, -0.2) is 4.39 Å². The Morgan fingerprint density at radius 3 is 2.72 bits per heavy atom. The topological polar surface area (TPSA) is 79.5 Å². The number of H-pyrrole nitrogens is 1. The molecular formula is C24H26FN3O3S. The molecule has 0 aliphatic carbocycles. The van der Waals surface area contributed by atoms with Crippen molar-refractivity contribution in [1.29, 1.82) is 0 Å². The highest BCUT2D eigenvalue weighted by molar-refractivity contribution is 8.00. The van der Waals surface area contributed by atoms with Gasteiger partial charge in [0.15, 0.2) is 5.25 Å². The fraction of sp³-hybridized carbons (Fsp3) is 0.375. The van der Waals surface area contributed by atoms with E-state index in [0.29, 0.717) is 25.2 Å². The maximum Gasteiger partial charge on any atom is 0.278 e. The van der Waals surface area contributed by atoms with Gasteiger partial charge in [0.1, 0.15) is 5.82 Å². The van der Waals surface area contributed by atoms with Gasteiger partial charge in [-0.15, -0.1) is 4.21 Å². The Bertz CT molecular complexity index is 1240. The predicted octanol–water partition coefficient (Wildman–Crippen LogP) is 3.31. The summed E-state index contributed by atoms with van der Waals surface area (Å²) in [7, 11) is -3.71. The van der Waals surface area contributed by atoms with Crippen LogP contribution in [0.5, 0.6) is 0 Å².